The highest BCUT2D eigenvalue weighted by molar-refractivity contribution is 6.36. The molecule has 28 heavy (non-hydrogen) atoms. The maximum absolute atomic E-state index is 13.6. The summed E-state index contributed by atoms with van der Waals surface area (Å²) in [4.78, 5) is 16.6. The van der Waals surface area contributed by atoms with Crippen LogP contribution in [-0.4, -0.2) is 26.0 Å². The number of amides is 1. The summed E-state index contributed by atoms with van der Waals surface area (Å²) >= 11 is 6.17. The smallest absolute Gasteiger partial charge is 0.433 e. The molecule has 146 valence electrons. The minimum absolute atomic E-state index is 0.0967. The van der Waals surface area contributed by atoms with E-state index < -0.39 is 29.0 Å². The van der Waals surface area contributed by atoms with Gasteiger partial charge in [-0.1, -0.05) is 24.4 Å². The average molecular weight is 411 g/mol. The molecular weight excluding hydrogens is 397 g/mol. The van der Waals surface area contributed by atoms with E-state index in [-0.39, 0.29) is 22.1 Å². The maximum Gasteiger partial charge on any atom is 0.433 e. The van der Waals surface area contributed by atoms with Crippen molar-refractivity contribution in [3.05, 3.63) is 40.9 Å². The van der Waals surface area contributed by atoms with E-state index in [1.54, 1.807) is 13.8 Å². The second-order valence-electron chi connectivity index (χ2n) is 6.18. The van der Waals surface area contributed by atoms with E-state index in [0.29, 0.717) is 10.9 Å². The van der Waals surface area contributed by atoms with Crippen LogP contribution in [0.1, 0.15) is 36.5 Å². The Morgan fingerprint density at radius 2 is 2.18 bits per heavy atom. The van der Waals surface area contributed by atoms with Gasteiger partial charge >= 0.3 is 6.18 Å². The molecule has 3 rings (SSSR count). The molecule has 0 aromatic carbocycles. The van der Waals surface area contributed by atoms with Crippen LogP contribution < -0.4 is 5.32 Å². The van der Waals surface area contributed by atoms with E-state index in [4.69, 9.17) is 22.4 Å². The minimum Gasteiger partial charge on any atom is -0.463 e. The van der Waals surface area contributed by atoms with Gasteiger partial charge in [-0.2, -0.15) is 18.3 Å². The maximum atomic E-state index is 13.6. The number of halogens is 4. The van der Waals surface area contributed by atoms with Gasteiger partial charge in [-0.05, 0) is 31.5 Å². The quantitative estimate of drug-likeness (QED) is 0.654. The van der Waals surface area contributed by atoms with Gasteiger partial charge in [-0.25, -0.2) is 9.50 Å². The summed E-state index contributed by atoms with van der Waals surface area (Å²) in [6.07, 6.45) is 2.34. The van der Waals surface area contributed by atoms with Gasteiger partial charge < -0.3 is 9.73 Å². The number of rotatable bonds is 4. The van der Waals surface area contributed by atoms with Crippen molar-refractivity contribution in [1.29, 1.82) is 0 Å². The zero-order chi connectivity index (χ0) is 20.7. The number of nitrogens with zero attached hydrogens (tertiary/aromatic N) is 3. The molecule has 6 nitrogen and oxygen atoms in total. The molecule has 0 saturated carbocycles. The zero-order valence-electron chi connectivity index (χ0n) is 14.8. The van der Waals surface area contributed by atoms with Crippen molar-refractivity contribution in [1.82, 2.24) is 19.9 Å². The summed E-state index contributed by atoms with van der Waals surface area (Å²) in [6, 6.07) is 3.74. The largest absolute Gasteiger partial charge is 0.463 e. The number of terminal acetylenes is 1. The van der Waals surface area contributed by atoms with Crippen LogP contribution >= 0.6 is 11.6 Å². The number of aromatic nitrogens is 3. The van der Waals surface area contributed by atoms with Gasteiger partial charge in [0.05, 0.1) is 11.8 Å². The summed E-state index contributed by atoms with van der Waals surface area (Å²) in [7, 11) is 0. The Kier molecular flexibility index (Phi) is 4.85. The molecule has 0 radical (unpaired) electrons. The highest BCUT2D eigenvalue weighted by Gasteiger charge is 2.37. The second-order valence-corrected chi connectivity index (χ2v) is 6.56. The summed E-state index contributed by atoms with van der Waals surface area (Å²) < 4.78 is 46.3. The van der Waals surface area contributed by atoms with Crippen LogP contribution in [0.5, 0.6) is 0 Å². The Morgan fingerprint density at radius 1 is 1.46 bits per heavy atom. The average Bonchev–Trinajstić information content (AvgIpc) is 3.28. The minimum atomic E-state index is -4.78. The van der Waals surface area contributed by atoms with Crippen molar-refractivity contribution in [2.45, 2.75) is 32.0 Å². The molecule has 0 aliphatic rings. The lowest BCUT2D eigenvalue weighted by Gasteiger charge is -2.22. The molecule has 0 bridgehead atoms. The third-order valence-electron chi connectivity index (χ3n) is 4.23. The molecule has 0 fully saturated rings. The monoisotopic (exact) mass is 410 g/mol. The molecule has 1 unspecified atom stereocenters. The molecule has 3 aromatic heterocycles. The summed E-state index contributed by atoms with van der Waals surface area (Å²) in [5.41, 5.74) is -2.99. The number of carbonyl (C=O) groups is 1. The first-order valence-corrected chi connectivity index (χ1v) is 8.48. The number of fused-ring (bicyclic) bond motifs is 1. The summed E-state index contributed by atoms with van der Waals surface area (Å²) in [5.74, 6) is 1.74. The molecule has 0 saturated heterocycles. The van der Waals surface area contributed by atoms with Crippen LogP contribution in [0.3, 0.4) is 0 Å². The third-order valence-corrected chi connectivity index (χ3v) is 4.58. The first-order valence-electron chi connectivity index (χ1n) is 8.10. The first kappa shape index (κ1) is 19.8. The molecule has 0 aliphatic heterocycles. The van der Waals surface area contributed by atoms with Crippen LogP contribution in [0.25, 0.3) is 17.1 Å². The summed E-state index contributed by atoms with van der Waals surface area (Å²) in [6.45, 7) is 3.35. The van der Waals surface area contributed by atoms with Crippen LogP contribution in [0.15, 0.2) is 28.9 Å². The Bertz CT molecular complexity index is 1080. The van der Waals surface area contributed by atoms with Gasteiger partial charge in [0.25, 0.3) is 5.91 Å². The third kappa shape index (κ3) is 3.43. The molecule has 0 aliphatic carbocycles. The molecule has 1 atom stereocenters. The van der Waals surface area contributed by atoms with E-state index in [1.165, 1.54) is 18.4 Å². The van der Waals surface area contributed by atoms with Crippen LogP contribution in [0.4, 0.5) is 13.2 Å². The lowest BCUT2D eigenvalue weighted by molar-refractivity contribution is -0.142. The highest BCUT2D eigenvalue weighted by Crippen LogP contribution is 2.34. The Morgan fingerprint density at radius 3 is 2.71 bits per heavy atom. The predicted molar refractivity (Wildman–Crippen MR) is 95.7 cm³/mol. The van der Waals surface area contributed by atoms with Crippen molar-refractivity contribution in [3.8, 4) is 23.8 Å². The molecule has 1 N–H and O–H groups in total. The number of hydrogen-bond donors (Lipinski definition) is 1. The van der Waals surface area contributed by atoms with Gasteiger partial charge in [-0.15, -0.1) is 6.42 Å². The number of furan rings is 1. The van der Waals surface area contributed by atoms with E-state index in [9.17, 15) is 18.0 Å². The van der Waals surface area contributed by atoms with E-state index in [2.05, 4.69) is 21.3 Å². The normalized spacial score (nSPS) is 13.9. The van der Waals surface area contributed by atoms with Crippen LogP contribution in [0.2, 0.25) is 5.02 Å². The number of alkyl halides is 3. The standard InChI is InChI=1S/C18H14ClF3N4O2/c1-4-17(3,5-2)24-16(27)14-13(19)15-23-10(11-7-6-8-28-11)9-12(18(20,21)22)26(15)25-14/h1,6-9H,5H2,2-3H3,(H,24,27). The van der Waals surface area contributed by atoms with E-state index in [1.807, 2.05) is 0 Å². The summed E-state index contributed by atoms with van der Waals surface area (Å²) in [5, 5.41) is 5.97. The number of carbonyl (C=O) groups excluding carboxylic acids is 1. The molecular formula is C18H14ClF3N4O2. The SMILES string of the molecule is C#CC(C)(CC)NC(=O)c1nn2c(C(F)(F)F)cc(-c3ccco3)nc2c1Cl. The fraction of sp³-hybridized carbons (Fsp3) is 0.278. The van der Waals surface area contributed by atoms with Crippen molar-refractivity contribution < 1.29 is 22.4 Å². The molecule has 0 spiro atoms. The Labute approximate surface area is 162 Å². The lowest BCUT2D eigenvalue weighted by atomic mass is 10.0. The molecule has 3 aromatic rings. The van der Waals surface area contributed by atoms with Gasteiger partial charge in [0.2, 0.25) is 0 Å². The van der Waals surface area contributed by atoms with Gasteiger partial charge in [0, 0.05) is 0 Å². The fourth-order valence-corrected chi connectivity index (χ4v) is 2.67. The topological polar surface area (TPSA) is 72.4 Å². The van der Waals surface area contributed by atoms with Crippen LogP contribution in [-0.2, 0) is 6.18 Å². The fourth-order valence-electron chi connectivity index (χ4n) is 2.43. The predicted octanol–water partition coefficient (Wildman–Crippen LogP) is 4.19. The first-order chi connectivity index (χ1) is 13.1. The molecule has 1 amide bonds. The Balaban J connectivity index is 2.19. The van der Waals surface area contributed by atoms with Gasteiger partial charge in [-0.3, -0.25) is 4.79 Å². The van der Waals surface area contributed by atoms with Gasteiger partial charge in [0.1, 0.15) is 10.7 Å². The van der Waals surface area contributed by atoms with Crippen LogP contribution in [0, 0.1) is 12.3 Å². The lowest BCUT2D eigenvalue weighted by Crippen LogP contribution is -2.44. The van der Waals surface area contributed by atoms with Crippen molar-refractivity contribution in [2.24, 2.45) is 0 Å². The highest BCUT2D eigenvalue weighted by atomic mass is 35.5. The van der Waals surface area contributed by atoms with Crippen molar-refractivity contribution in [2.75, 3.05) is 0 Å². The van der Waals surface area contributed by atoms with Gasteiger partial charge in [0.15, 0.2) is 22.8 Å². The van der Waals surface area contributed by atoms with E-state index >= 15 is 0 Å². The van der Waals surface area contributed by atoms with Crippen molar-refractivity contribution >= 4 is 23.2 Å². The van der Waals surface area contributed by atoms with E-state index in [0.717, 1.165) is 6.07 Å². The molecule has 3 heterocycles. The number of nitrogens with one attached hydrogen (secondary N) is 1. The zero-order valence-corrected chi connectivity index (χ0v) is 15.5. The number of hydrogen-bond acceptors (Lipinski definition) is 4. The second kappa shape index (κ2) is 6.87. The molecule has 10 heteroatoms. The Hall–Kier alpha value is -2.99. The van der Waals surface area contributed by atoms with Crippen molar-refractivity contribution in [3.63, 3.8) is 0 Å².